The molecule has 0 bridgehead atoms. The fraction of sp³-hybridized carbons (Fsp3) is 0.231. The highest BCUT2D eigenvalue weighted by molar-refractivity contribution is 14.1. The van der Waals surface area contributed by atoms with Crippen molar-refractivity contribution < 1.29 is 4.42 Å². The minimum atomic E-state index is -0.263. The standard InChI is InChI=1S/C13H13ClINO/c1-2-9-4-6-12(17-9)13(16)10-7-8(14)3-5-11(10)15/h3-7,13H,2,16H2,1H3. The fourth-order valence-corrected chi connectivity index (χ4v) is 2.51. The second kappa shape index (κ2) is 5.42. The summed E-state index contributed by atoms with van der Waals surface area (Å²) >= 11 is 8.25. The van der Waals surface area contributed by atoms with Crippen molar-refractivity contribution in [2.24, 2.45) is 5.73 Å². The predicted octanol–water partition coefficient (Wildman–Crippen LogP) is 4.15. The summed E-state index contributed by atoms with van der Waals surface area (Å²) in [6.45, 7) is 2.05. The van der Waals surface area contributed by atoms with Gasteiger partial charge < -0.3 is 10.2 Å². The topological polar surface area (TPSA) is 39.2 Å². The van der Waals surface area contributed by atoms with Crippen LogP contribution in [0.15, 0.2) is 34.7 Å². The van der Waals surface area contributed by atoms with Crippen molar-refractivity contribution in [3.8, 4) is 0 Å². The van der Waals surface area contributed by atoms with E-state index in [1.54, 1.807) is 0 Å². The quantitative estimate of drug-likeness (QED) is 0.834. The van der Waals surface area contributed by atoms with Crippen LogP contribution in [0, 0.1) is 3.57 Å². The van der Waals surface area contributed by atoms with E-state index in [-0.39, 0.29) is 6.04 Å². The number of aryl methyl sites for hydroxylation is 1. The zero-order chi connectivity index (χ0) is 12.4. The van der Waals surface area contributed by atoms with Crippen LogP contribution in [0.1, 0.15) is 30.0 Å². The molecule has 2 nitrogen and oxygen atoms in total. The third-order valence-electron chi connectivity index (χ3n) is 2.63. The van der Waals surface area contributed by atoms with Crippen molar-refractivity contribution in [1.29, 1.82) is 0 Å². The summed E-state index contributed by atoms with van der Waals surface area (Å²) in [6, 6.07) is 9.34. The number of furan rings is 1. The lowest BCUT2D eigenvalue weighted by molar-refractivity contribution is 0.453. The lowest BCUT2D eigenvalue weighted by Gasteiger charge is -2.12. The molecular weight excluding hydrogens is 349 g/mol. The van der Waals surface area contributed by atoms with E-state index in [0.717, 1.165) is 27.1 Å². The maximum absolute atomic E-state index is 6.20. The molecule has 1 unspecified atom stereocenters. The number of hydrogen-bond acceptors (Lipinski definition) is 2. The third-order valence-corrected chi connectivity index (χ3v) is 3.85. The van der Waals surface area contributed by atoms with Crippen LogP contribution in [0.25, 0.3) is 0 Å². The van der Waals surface area contributed by atoms with Crippen LogP contribution in [-0.4, -0.2) is 0 Å². The van der Waals surface area contributed by atoms with Gasteiger partial charge in [0.2, 0.25) is 0 Å². The van der Waals surface area contributed by atoms with Gasteiger partial charge in [-0.15, -0.1) is 0 Å². The molecule has 1 aromatic heterocycles. The molecule has 0 saturated heterocycles. The SMILES string of the molecule is CCc1ccc(C(N)c2cc(Cl)ccc2I)o1. The van der Waals surface area contributed by atoms with Crippen LogP contribution in [0.5, 0.6) is 0 Å². The number of rotatable bonds is 3. The molecule has 0 saturated carbocycles. The van der Waals surface area contributed by atoms with Crippen LogP contribution in [-0.2, 0) is 6.42 Å². The Balaban J connectivity index is 2.35. The Bertz CT molecular complexity index is 524. The second-order valence-electron chi connectivity index (χ2n) is 3.80. The van der Waals surface area contributed by atoms with E-state index in [9.17, 15) is 0 Å². The van der Waals surface area contributed by atoms with E-state index in [0.29, 0.717) is 5.02 Å². The summed E-state index contributed by atoms with van der Waals surface area (Å²) in [7, 11) is 0. The lowest BCUT2D eigenvalue weighted by atomic mass is 10.1. The largest absolute Gasteiger partial charge is 0.464 e. The summed E-state index contributed by atoms with van der Waals surface area (Å²) < 4.78 is 6.76. The average molecular weight is 362 g/mol. The number of nitrogens with two attached hydrogens (primary N) is 1. The molecule has 1 atom stereocenters. The highest BCUT2D eigenvalue weighted by Gasteiger charge is 2.16. The zero-order valence-corrected chi connectivity index (χ0v) is 12.3. The van der Waals surface area contributed by atoms with E-state index in [1.165, 1.54) is 0 Å². The van der Waals surface area contributed by atoms with E-state index < -0.39 is 0 Å². The first-order valence-electron chi connectivity index (χ1n) is 5.41. The maximum Gasteiger partial charge on any atom is 0.125 e. The van der Waals surface area contributed by atoms with Gasteiger partial charge in [-0.3, -0.25) is 0 Å². The first-order valence-corrected chi connectivity index (χ1v) is 6.86. The first-order chi connectivity index (χ1) is 8.11. The Morgan fingerprint density at radius 2 is 2.12 bits per heavy atom. The second-order valence-corrected chi connectivity index (χ2v) is 5.40. The van der Waals surface area contributed by atoms with Gasteiger partial charge in [0.1, 0.15) is 11.5 Å². The van der Waals surface area contributed by atoms with Crippen LogP contribution in [0.3, 0.4) is 0 Å². The van der Waals surface area contributed by atoms with E-state index in [2.05, 4.69) is 29.5 Å². The molecule has 2 N–H and O–H groups in total. The first kappa shape index (κ1) is 12.9. The van der Waals surface area contributed by atoms with Gasteiger partial charge in [0, 0.05) is 15.0 Å². The average Bonchev–Trinajstić information content (AvgIpc) is 2.80. The van der Waals surface area contributed by atoms with Gasteiger partial charge in [0.15, 0.2) is 0 Å². The number of hydrogen-bond donors (Lipinski definition) is 1. The van der Waals surface area contributed by atoms with Gasteiger partial charge in [0.05, 0.1) is 6.04 Å². The van der Waals surface area contributed by atoms with Gasteiger partial charge >= 0.3 is 0 Å². The lowest BCUT2D eigenvalue weighted by Crippen LogP contribution is -2.12. The number of benzene rings is 1. The molecular formula is C13H13ClINO. The molecule has 0 aliphatic rings. The summed E-state index contributed by atoms with van der Waals surface area (Å²) in [6.07, 6.45) is 0.874. The highest BCUT2D eigenvalue weighted by Crippen LogP contribution is 2.28. The normalized spacial score (nSPS) is 12.7. The molecule has 17 heavy (non-hydrogen) atoms. The summed E-state index contributed by atoms with van der Waals surface area (Å²) in [5.41, 5.74) is 7.19. The van der Waals surface area contributed by atoms with Crippen molar-refractivity contribution in [1.82, 2.24) is 0 Å². The molecule has 2 aromatic rings. The Labute approximate surface area is 119 Å². The van der Waals surface area contributed by atoms with Crippen LogP contribution >= 0.6 is 34.2 Å². The maximum atomic E-state index is 6.20. The summed E-state index contributed by atoms with van der Waals surface area (Å²) in [5, 5.41) is 0.693. The Morgan fingerprint density at radius 1 is 1.35 bits per heavy atom. The molecule has 0 fully saturated rings. The van der Waals surface area contributed by atoms with Crippen LogP contribution < -0.4 is 5.73 Å². The Kier molecular flexibility index (Phi) is 4.12. The molecule has 2 rings (SSSR count). The Hall–Kier alpha value is -0.520. The van der Waals surface area contributed by atoms with Gasteiger partial charge in [-0.1, -0.05) is 18.5 Å². The van der Waals surface area contributed by atoms with Gasteiger partial charge in [-0.2, -0.15) is 0 Å². The molecule has 0 amide bonds. The van der Waals surface area contributed by atoms with Crippen molar-refractivity contribution in [2.75, 3.05) is 0 Å². The fourth-order valence-electron chi connectivity index (χ4n) is 1.66. The monoisotopic (exact) mass is 361 g/mol. The van der Waals surface area contributed by atoms with E-state index in [4.69, 9.17) is 21.8 Å². The molecule has 0 radical (unpaired) electrons. The molecule has 0 aliphatic heterocycles. The Morgan fingerprint density at radius 3 is 2.76 bits per heavy atom. The van der Waals surface area contributed by atoms with Crippen molar-refractivity contribution in [3.05, 3.63) is 56.0 Å². The summed E-state index contributed by atoms with van der Waals surface area (Å²) in [5.74, 6) is 1.73. The molecule has 0 aliphatic carbocycles. The minimum Gasteiger partial charge on any atom is -0.464 e. The minimum absolute atomic E-state index is 0.263. The predicted molar refractivity (Wildman–Crippen MR) is 78.3 cm³/mol. The van der Waals surface area contributed by atoms with Crippen molar-refractivity contribution in [2.45, 2.75) is 19.4 Å². The molecule has 0 spiro atoms. The van der Waals surface area contributed by atoms with Crippen molar-refractivity contribution >= 4 is 34.2 Å². The summed E-state index contributed by atoms with van der Waals surface area (Å²) in [4.78, 5) is 0. The number of halogens is 2. The van der Waals surface area contributed by atoms with Gasteiger partial charge in [0.25, 0.3) is 0 Å². The third kappa shape index (κ3) is 2.84. The molecule has 4 heteroatoms. The van der Waals surface area contributed by atoms with E-state index >= 15 is 0 Å². The van der Waals surface area contributed by atoms with Crippen molar-refractivity contribution in [3.63, 3.8) is 0 Å². The smallest absolute Gasteiger partial charge is 0.125 e. The molecule has 1 aromatic carbocycles. The molecule has 90 valence electrons. The van der Waals surface area contributed by atoms with Crippen LogP contribution in [0.4, 0.5) is 0 Å². The van der Waals surface area contributed by atoms with E-state index in [1.807, 2.05) is 30.3 Å². The highest BCUT2D eigenvalue weighted by atomic mass is 127. The van der Waals surface area contributed by atoms with Crippen LogP contribution in [0.2, 0.25) is 5.02 Å². The van der Waals surface area contributed by atoms with Gasteiger partial charge in [-0.05, 0) is 58.5 Å². The zero-order valence-electron chi connectivity index (χ0n) is 9.41. The van der Waals surface area contributed by atoms with Gasteiger partial charge in [-0.25, -0.2) is 0 Å². The molecule has 1 heterocycles.